The van der Waals surface area contributed by atoms with E-state index < -0.39 is 0 Å². The molecule has 3 aromatic rings. The predicted octanol–water partition coefficient (Wildman–Crippen LogP) is 4.26. The van der Waals surface area contributed by atoms with Gasteiger partial charge in [0.2, 0.25) is 5.91 Å². The molecule has 1 amide bonds. The number of fused-ring (bicyclic) bond motifs is 6. The minimum absolute atomic E-state index is 0.0159. The van der Waals surface area contributed by atoms with Crippen LogP contribution in [0.3, 0.4) is 0 Å². The summed E-state index contributed by atoms with van der Waals surface area (Å²) in [6.45, 7) is 2.62. The zero-order chi connectivity index (χ0) is 22.3. The number of hydrogen-bond donors (Lipinski definition) is 2. The molecule has 1 aliphatic heterocycles. The molecule has 0 saturated heterocycles. The monoisotopic (exact) mass is 479 g/mol. The van der Waals surface area contributed by atoms with Crippen LogP contribution in [-0.2, 0) is 24.2 Å². The summed E-state index contributed by atoms with van der Waals surface area (Å²) in [6.07, 6.45) is 6.38. The first-order valence-electron chi connectivity index (χ1n) is 11.9. The van der Waals surface area contributed by atoms with Crippen LogP contribution < -0.4 is 10.6 Å². The van der Waals surface area contributed by atoms with E-state index in [1.807, 2.05) is 25.1 Å². The topological polar surface area (TPSA) is 71.8 Å². The van der Waals surface area contributed by atoms with Gasteiger partial charge in [0.15, 0.2) is 5.82 Å². The molecule has 2 bridgehead atoms. The Morgan fingerprint density at radius 1 is 1.27 bits per heavy atom. The fourth-order valence-corrected chi connectivity index (χ4v) is 8.37. The van der Waals surface area contributed by atoms with Crippen molar-refractivity contribution in [2.45, 2.75) is 63.6 Å². The highest BCUT2D eigenvalue weighted by Crippen LogP contribution is 2.52. The van der Waals surface area contributed by atoms with E-state index >= 15 is 0 Å². The van der Waals surface area contributed by atoms with Gasteiger partial charge in [-0.3, -0.25) is 14.7 Å². The lowest BCUT2D eigenvalue weighted by molar-refractivity contribution is -0.127. The number of thiophene rings is 1. The van der Waals surface area contributed by atoms with Crippen molar-refractivity contribution >= 4 is 28.8 Å². The third kappa shape index (κ3) is 2.98. The molecule has 8 heteroatoms. The van der Waals surface area contributed by atoms with Gasteiger partial charge in [0.1, 0.15) is 10.8 Å². The Kier molecular flexibility index (Phi) is 4.37. The Morgan fingerprint density at radius 3 is 2.91 bits per heavy atom. The van der Waals surface area contributed by atoms with E-state index in [1.165, 1.54) is 40.3 Å². The van der Waals surface area contributed by atoms with Gasteiger partial charge in [-0.2, -0.15) is 0 Å². The van der Waals surface area contributed by atoms with Crippen molar-refractivity contribution in [2.75, 3.05) is 0 Å². The van der Waals surface area contributed by atoms with Crippen LogP contribution in [0.1, 0.15) is 64.9 Å². The van der Waals surface area contributed by atoms with Gasteiger partial charge in [-0.1, -0.05) is 29.8 Å². The third-order valence-corrected chi connectivity index (χ3v) is 9.81. The predicted molar refractivity (Wildman–Crippen MR) is 128 cm³/mol. The molecule has 170 valence electrons. The number of carbonyl (C=O) groups excluding carboxylic acids is 1. The van der Waals surface area contributed by atoms with E-state index in [2.05, 4.69) is 31.5 Å². The van der Waals surface area contributed by atoms with Gasteiger partial charge >= 0.3 is 0 Å². The lowest BCUT2D eigenvalue weighted by Gasteiger charge is -2.40. The van der Waals surface area contributed by atoms with Crippen molar-refractivity contribution in [2.24, 2.45) is 11.8 Å². The van der Waals surface area contributed by atoms with Crippen LogP contribution in [0.15, 0.2) is 24.3 Å². The summed E-state index contributed by atoms with van der Waals surface area (Å²) >= 11 is 8.47. The van der Waals surface area contributed by atoms with E-state index in [1.54, 1.807) is 11.3 Å². The molecule has 6 nitrogen and oxygen atoms in total. The fourth-order valence-electron chi connectivity index (χ4n) is 6.61. The Labute approximate surface area is 201 Å². The van der Waals surface area contributed by atoms with Crippen LogP contribution in [0.2, 0.25) is 5.02 Å². The zero-order valence-corrected chi connectivity index (χ0v) is 20.1. The number of hydrogen-bond acceptors (Lipinski definition) is 5. The standard InChI is InChI=1S/C25H26ClN5OS/c1-13-29-30-20-12-27-22(16-4-2-3-5-18(16)26)21-17-8-15(9-19(17)33-24(21)31(13)20)23(32)28-25-7-6-14(10-25)11-25/h2-5,14-15,22,27H,6-12H2,1H3,(H,28,32)/t14?,15-,22-,25?/m0/s1. The molecule has 0 unspecified atom stereocenters. The van der Waals surface area contributed by atoms with Gasteiger partial charge in [-0.05, 0) is 68.6 Å². The molecule has 3 saturated carbocycles. The first-order chi connectivity index (χ1) is 16.0. The van der Waals surface area contributed by atoms with Crippen LogP contribution >= 0.6 is 22.9 Å². The van der Waals surface area contributed by atoms with Crippen molar-refractivity contribution in [1.29, 1.82) is 0 Å². The average Bonchev–Trinajstić information content (AvgIpc) is 3.55. The molecule has 0 spiro atoms. The van der Waals surface area contributed by atoms with Crippen molar-refractivity contribution in [1.82, 2.24) is 25.4 Å². The van der Waals surface area contributed by atoms with E-state index in [4.69, 9.17) is 11.6 Å². The van der Waals surface area contributed by atoms with Gasteiger partial charge in [0, 0.05) is 26.9 Å². The van der Waals surface area contributed by atoms with Crippen molar-refractivity contribution in [3.05, 3.63) is 62.5 Å². The summed E-state index contributed by atoms with van der Waals surface area (Å²) < 4.78 is 2.18. The van der Waals surface area contributed by atoms with Gasteiger partial charge in [-0.15, -0.1) is 21.5 Å². The molecule has 3 heterocycles. The Bertz CT molecular complexity index is 1280. The Hall–Kier alpha value is -2.22. The van der Waals surface area contributed by atoms with Crippen molar-refractivity contribution in [3.63, 3.8) is 0 Å². The second-order valence-electron chi connectivity index (χ2n) is 10.2. The zero-order valence-electron chi connectivity index (χ0n) is 18.5. The summed E-state index contributed by atoms with van der Waals surface area (Å²) in [4.78, 5) is 14.6. The number of aromatic nitrogens is 3. The lowest BCUT2D eigenvalue weighted by atomic mass is 9.77. The van der Waals surface area contributed by atoms with Gasteiger partial charge < -0.3 is 5.32 Å². The average molecular weight is 480 g/mol. The number of rotatable bonds is 3. The number of nitrogens with one attached hydrogen (secondary N) is 2. The first kappa shape index (κ1) is 20.2. The highest BCUT2D eigenvalue weighted by Gasteiger charge is 2.52. The molecular formula is C25H26ClN5OS. The molecule has 33 heavy (non-hydrogen) atoms. The summed E-state index contributed by atoms with van der Waals surface area (Å²) in [5, 5.41) is 17.8. The number of amides is 1. The number of halogens is 1. The largest absolute Gasteiger partial charge is 0.350 e. The van der Waals surface area contributed by atoms with Crippen LogP contribution in [-0.4, -0.2) is 26.2 Å². The van der Waals surface area contributed by atoms with Crippen molar-refractivity contribution < 1.29 is 4.79 Å². The normalized spacial score (nSPS) is 29.1. The maximum atomic E-state index is 13.3. The summed E-state index contributed by atoms with van der Waals surface area (Å²) in [6, 6.07) is 8.00. The molecule has 4 aliphatic carbocycles. The number of nitrogens with zero attached hydrogens (tertiary/aromatic N) is 3. The molecule has 2 aromatic heterocycles. The molecule has 0 radical (unpaired) electrons. The van der Waals surface area contributed by atoms with Crippen LogP contribution in [0, 0.1) is 18.8 Å². The summed E-state index contributed by atoms with van der Waals surface area (Å²) in [5.41, 5.74) is 3.72. The Balaban J connectivity index is 1.28. The maximum Gasteiger partial charge on any atom is 0.224 e. The van der Waals surface area contributed by atoms with Gasteiger partial charge in [0.05, 0.1) is 12.6 Å². The van der Waals surface area contributed by atoms with Crippen LogP contribution in [0.4, 0.5) is 0 Å². The number of aryl methyl sites for hydroxylation is 1. The van der Waals surface area contributed by atoms with Crippen molar-refractivity contribution in [3.8, 4) is 5.00 Å². The maximum absolute atomic E-state index is 13.3. The SMILES string of the molecule is Cc1nnc2n1-c1sc3c(c1[C@H](c1ccccc1Cl)NC2)C[C@H](C(=O)NC12CCC(C1)C2)C3. The first-order valence-corrected chi connectivity index (χ1v) is 13.1. The Morgan fingerprint density at radius 2 is 2.12 bits per heavy atom. The second-order valence-corrected chi connectivity index (χ2v) is 11.7. The molecule has 2 N–H and O–H groups in total. The second kappa shape index (κ2) is 7.14. The smallest absolute Gasteiger partial charge is 0.224 e. The highest BCUT2D eigenvalue weighted by atomic mass is 35.5. The highest BCUT2D eigenvalue weighted by molar-refractivity contribution is 7.15. The molecule has 2 atom stereocenters. The minimum atomic E-state index is -0.0440. The molecule has 1 aromatic carbocycles. The molecule has 8 rings (SSSR count). The van der Waals surface area contributed by atoms with E-state index in [9.17, 15) is 4.79 Å². The van der Waals surface area contributed by atoms with Crippen LogP contribution in [0.25, 0.3) is 5.00 Å². The summed E-state index contributed by atoms with van der Waals surface area (Å²) in [5.74, 6) is 2.90. The molecular weight excluding hydrogens is 454 g/mol. The number of carbonyl (C=O) groups is 1. The van der Waals surface area contributed by atoms with E-state index in [0.29, 0.717) is 6.54 Å². The molecule has 5 aliphatic rings. The summed E-state index contributed by atoms with van der Waals surface area (Å²) in [7, 11) is 0. The number of benzene rings is 1. The van der Waals surface area contributed by atoms with E-state index in [0.717, 1.165) is 47.4 Å². The van der Waals surface area contributed by atoms with Gasteiger partial charge in [0.25, 0.3) is 0 Å². The quantitative estimate of drug-likeness (QED) is 0.589. The lowest BCUT2D eigenvalue weighted by Crippen LogP contribution is -2.53. The third-order valence-electron chi connectivity index (χ3n) is 8.21. The van der Waals surface area contributed by atoms with Gasteiger partial charge in [-0.25, -0.2) is 0 Å². The van der Waals surface area contributed by atoms with Crippen LogP contribution in [0.5, 0.6) is 0 Å². The minimum Gasteiger partial charge on any atom is -0.350 e. The molecule has 3 fully saturated rings. The van der Waals surface area contributed by atoms with E-state index in [-0.39, 0.29) is 23.4 Å². The fraction of sp³-hybridized carbons (Fsp3) is 0.480.